The van der Waals surface area contributed by atoms with Gasteiger partial charge in [-0.1, -0.05) is 0 Å². The summed E-state index contributed by atoms with van der Waals surface area (Å²) in [4.78, 5) is -0.00298. The van der Waals surface area contributed by atoms with Crippen LogP contribution >= 0.6 is 0 Å². The van der Waals surface area contributed by atoms with Crippen molar-refractivity contribution >= 4 is 10.0 Å². The number of ether oxygens (including phenoxy) is 1. The van der Waals surface area contributed by atoms with Gasteiger partial charge in [0.15, 0.2) is 11.6 Å². The van der Waals surface area contributed by atoms with Gasteiger partial charge in [0, 0.05) is 13.1 Å². The summed E-state index contributed by atoms with van der Waals surface area (Å²) in [6.45, 7) is 2.91. The van der Waals surface area contributed by atoms with Crippen molar-refractivity contribution in [3.63, 3.8) is 0 Å². The lowest BCUT2D eigenvalue weighted by Gasteiger charge is -2.33. The maximum Gasteiger partial charge on any atom is 0.243 e. The third kappa shape index (κ3) is 2.73. The summed E-state index contributed by atoms with van der Waals surface area (Å²) >= 11 is 0. The first-order valence-corrected chi connectivity index (χ1v) is 8.95. The molecule has 2 aliphatic rings. The highest BCUT2D eigenvalue weighted by atomic mass is 32.2. The molecule has 0 bridgehead atoms. The number of halogens is 1. The minimum Gasteiger partial charge on any atom is -0.494 e. The Morgan fingerprint density at radius 3 is 2.64 bits per heavy atom. The number of hydrogen-bond donors (Lipinski definition) is 1. The van der Waals surface area contributed by atoms with Gasteiger partial charge in [0.1, 0.15) is 0 Å². The Bertz CT molecular complexity index is 657. The molecule has 1 N–H and O–H groups in total. The van der Waals surface area contributed by atoms with Crippen LogP contribution in [0.3, 0.4) is 0 Å². The van der Waals surface area contributed by atoms with Crippen LogP contribution in [0.1, 0.15) is 19.3 Å². The Labute approximate surface area is 130 Å². The largest absolute Gasteiger partial charge is 0.494 e. The average Bonchev–Trinajstić information content (AvgIpc) is 2.92. The maximum absolute atomic E-state index is 13.8. The number of nitrogens with zero attached hydrogens (tertiary/aromatic N) is 1. The van der Waals surface area contributed by atoms with E-state index in [1.54, 1.807) is 0 Å². The third-order valence-corrected chi connectivity index (χ3v) is 6.67. The fourth-order valence-electron chi connectivity index (χ4n) is 3.42. The molecular weight excluding hydrogens is 307 g/mol. The number of hydrogen-bond acceptors (Lipinski definition) is 4. The van der Waals surface area contributed by atoms with Gasteiger partial charge in [-0.3, -0.25) is 0 Å². The van der Waals surface area contributed by atoms with Crippen LogP contribution in [0.4, 0.5) is 4.39 Å². The molecule has 2 aliphatic heterocycles. The minimum absolute atomic E-state index is 0.00298. The average molecular weight is 328 g/mol. The zero-order chi connectivity index (χ0) is 15.8. The second-order valence-electron chi connectivity index (χ2n) is 6.13. The summed E-state index contributed by atoms with van der Waals surface area (Å²) in [7, 11) is -2.29. The van der Waals surface area contributed by atoms with Gasteiger partial charge >= 0.3 is 0 Å². The summed E-state index contributed by atoms with van der Waals surface area (Å²) in [6, 6.07) is 3.81. The summed E-state index contributed by atoms with van der Waals surface area (Å²) in [5, 5.41) is 3.31. The fraction of sp³-hybridized carbons (Fsp3) is 0.600. The lowest BCUT2D eigenvalue weighted by atomic mass is 9.78. The van der Waals surface area contributed by atoms with E-state index in [1.165, 1.54) is 23.5 Å². The Morgan fingerprint density at radius 2 is 2.00 bits per heavy atom. The molecule has 0 aliphatic carbocycles. The van der Waals surface area contributed by atoms with Crippen molar-refractivity contribution < 1.29 is 17.5 Å². The van der Waals surface area contributed by atoms with Gasteiger partial charge in [-0.05, 0) is 56.0 Å². The topological polar surface area (TPSA) is 58.6 Å². The van der Waals surface area contributed by atoms with Crippen molar-refractivity contribution in [2.45, 2.75) is 24.2 Å². The molecule has 0 atom stereocenters. The molecule has 5 nitrogen and oxygen atoms in total. The van der Waals surface area contributed by atoms with Crippen LogP contribution in [-0.4, -0.2) is 46.0 Å². The molecule has 2 fully saturated rings. The number of sulfonamides is 1. The van der Waals surface area contributed by atoms with Crippen molar-refractivity contribution in [1.29, 1.82) is 0 Å². The lowest BCUT2D eigenvalue weighted by Crippen LogP contribution is -2.39. The number of rotatable bonds is 3. The molecule has 0 aromatic heterocycles. The molecule has 1 spiro atoms. The molecule has 2 saturated heterocycles. The van der Waals surface area contributed by atoms with Gasteiger partial charge in [-0.25, -0.2) is 12.8 Å². The predicted molar refractivity (Wildman–Crippen MR) is 80.9 cm³/mol. The quantitative estimate of drug-likeness (QED) is 0.916. The second-order valence-corrected chi connectivity index (χ2v) is 8.07. The number of methoxy groups -OCH3 is 1. The number of piperidine rings is 1. The van der Waals surface area contributed by atoms with Gasteiger partial charge in [0.05, 0.1) is 12.0 Å². The maximum atomic E-state index is 13.8. The lowest BCUT2D eigenvalue weighted by molar-refractivity contribution is 0.218. The van der Waals surface area contributed by atoms with Gasteiger partial charge in [0.2, 0.25) is 10.0 Å². The monoisotopic (exact) mass is 328 g/mol. The van der Waals surface area contributed by atoms with Gasteiger partial charge in [-0.15, -0.1) is 0 Å². The van der Waals surface area contributed by atoms with E-state index in [0.717, 1.165) is 38.4 Å². The van der Waals surface area contributed by atoms with E-state index in [4.69, 9.17) is 4.74 Å². The first kappa shape index (κ1) is 15.7. The highest BCUT2D eigenvalue weighted by Crippen LogP contribution is 2.40. The molecule has 7 heteroatoms. The summed E-state index contributed by atoms with van der Waals surface area (Å²) in [5.41, 5.74) is 0.0866. The fourth-order valence-corrected chi connectivity index (χ4v) is 4.99. The molecule has 0 saturated carbocycles. The minimum atomic E-state index is -3.64. The molecule has 0 radical (unpaired) electrons. The molecule has 22 heavy (non-hydrogen) atoms. The normalized spacial score (nSPS) is 22.1. The molecule has 0 amide bonds. The number of nitrogens with one attached hydrogen (secondary N) is 1. The van der Waals surface area contributed by atoms with Crippen LogP contribution in [0.2, 0.25) is 0 Å². The standard InChI is InChI=1S/C15H21FN2O3S/c1-21-14-3-2-12(10-13(14)16)22(19,20)18-9-6-15(11-18)4-7-17-8-5-15/h2-3,10,17H,4-9,11H2,1H3. The SMILES string of the molecule is COc1ccc(S(=O)(=O)N2CCC3(CCNCC3)C2)cc1F. The predicted octanol–water partition coefficient (Wildman–Crippen LogP) is 1.60. The van der Waals surface area contributed by atoms with E-state index in [-0.39, 0.29) is 16.1 Å². The van der Waals surface area contributed by atoms with E-state index in [9.17, 15) is 12.8 Å². The van der Waals surface area contributed by atoms with E-state index in [0.29, 0.717) is 13.1 Å². The smallest absolute Gasteiger partial charge is 0.243 e. The first-order valence-electron chi connectivity index (χ1n) is 7.51. The van der Waals surface area contributed by atoms with Crippen molar-refractivity contribution in [1.82, 2.24) is 9.62 Å². The first-order chi connectivity index (χ1) is 10.5. The molecule has 3 rings (SSSR count). The zero-order valence-corrected chi connectivity index (χ0v) is 13.5. The third-order valence-electron chi connectivity index (χ3n) is 4.83. The molecule has 122 valence electrons. The molecule has 1 aromatic carbocycles. The Balaban J connectivity index is 1.83. The van der Waals surface area contributed by atoms with Gasteiger partial charge in [0.25, 0.3) is 0 Å². The van der Waals surface area contributed by atoms with Gasteiger partial charge < -0.3 is 10.1 Å². The van der Waals surface area contributed by atoms with Crippen LogP contribution in [0.25, 0.3) is 0 Å². The van der Waals surface area contributed by atoms with Crippen molar-refractivity contribution in [2.24, 2.45) is 5.41 Å². The Kier molecular flexibility index (Phi) is 4.13. The Morgan fingerprint density at radius 1 is 1.27 bits per heavy atom. The van der Waals surface area contributed by atoms with E-state index >= 15 is 0 Å². The van der Waals surface area contributed by atoms with Crippen molar-refractivity contribution in [3.8, 4) is 5.75 Å². The van der Waals surface area contributed by atoms with E-state index in [1.807, 2.05) is 0 Å². The van der Waals surface area contributed by atoms with Crippen LogP contribution in [0.5, 0.6) is 5.75 Å². The molecule has 1 aromatic rings. The van der Waals surface area contributed by atoms with Crippen LogP contribution in [0.15, 0.2) is 23.1 Å². The van der Waals surface area contributed by atoms with Gasteiger partial charge in [-0.2, -0.15) is 4.31 Å². The highest BCUT2D eigenvalue weighted by molar-refractivity contribution is 7.89. The van der Waals surface area contributed by atoms with Crippen LogP contribution in [-0.2, 0) is 10.0 Å². The van der Waals surface area contributed by atoms with E-state index in [2.05, 4.69) is 5.32 Å². The highest BCUT2D eigenvalue weighted by Gasteiger charge is 2.43. The second kappa shape index (κ2) is 5.79. The Hall–Kier alpha value is -1.18. The summed E-state index contributed by atoms with van der Waals surface area (Å²) in [6.07, 6.45) is 2.87. The number of benzene rings is 1. The summed E-state index contributed by atoms with van der Waals surface area (Å²) < 4.78 is 45.6. The summed E-state index contributed by atoms with van der Waals surface area (Å²) in [5.74, 6) is -0.602. The molecule has 0 unspecified atom stereocenters. The zero-order valence-electron chi connectivity index (χ0n) is 12.6. The van der Waals surface area contributed by atoms with Crippen molar-refractivity contribution in [2.75, 3.05) is 33.3 Å². The van der Waals surface area contributed by atoms with Crippen molar-refractivity contribution in [3.05, 3.63) is 24.0 Å². The van der Waals surface area contributed by atoms with E-state index < -0.39 is 15.8 Å². The molecular formula is C15H21FN2O3S. The van der Waals surface area contributed by atoms with Crippen LogP contribution < -0.4 is 10.1 Å². The van der Waals surface area contributed by atoms with Crippen LogP contribution in [0, 0.1) is 11.2 Å². The molecule has 2 heterocycles.